The molecular formula is C46H58N4O12. The Hall–Kier alpha value is -6.45. The minimum absolute atomic E-state index is 0.0181. The molecule has 0 saturated heterocycles. The van der Waals surface area contributed by atoms with Crippen LogP contribution in [0.4, 0.5) is 15.3 Å². The molecule has 0 aliphatic carbocycles. The minimum Gasteiger partial charge on any atom is -0.492 e. The van der Waals surface area contributed by atoms with E-state index in [2.05, 4.69) is 15.6 Å². The van der Waals surface area contributed by atoms with E-state index in [0.717, 1.165) is 24.8 Å². The van der Waals surface area contributed by atoms with Crippen molar-refractivity contribution >= 4 is 47.6 Å². The maximum absolute atomic E-state index is 13.9. The number of unbranched alkanes of at least 4 members (excludes halogenated alkanes) is 2. The fourth-order valence-electron chi connectivity index (χ4n) is 5.86. The van der Waals surface area contributed by atoms with Crippen molar-refractivity contribution in [3.8, 4) is 11.5 Å². The van der Waals surface area contributed by atoms with Gasteiger partial charge < -0.3 is 33.3 Å². The number of carbonyl (C=O) groups is 6. The maximum Gasteiger partial charge on any atom is 0.414 e. The van der Waals surface area contributed by atoms with Gasteiger partial charge in [0.15, 0.2) is 0 Å². The van der Waals surface area contributed by atoms with Gasteiger partial charge in [-0.1, -0.05) is 44.9 Å². The molecule has 3 amide bonds. The van der Waals surface area contributed by atoms with Crippen molar-refractivity contribution in [1.82, 2.24) is 15.5 Å². The number of benzene rings is 3. The number of carbonyl (C=O) groups excluding carboxylic acids is 6. The first-order chi connectivity index (χ1) is 29.3. The van der Waals surface area contributed by atoms with E-state index in [1.165, 1.54) is 29.2 Å². The van der Waals surface area contributed by atoms with E-state index in [-0.39, 0.29) is 67.5 Å². The number of aliphatic imine (C=N–C) groups is 1. The monoisotopic (exact) mass is 858 g/mol. The summed E-state index contributed by atoms with van der Waals surface area (Å²) in [5.41, 5.74) is 0.568. The van der Waals surface area contributed by atoms with E-state index >= 15 is 0 Å². The molecule has 334 valence electrons. The second kappa shape index (κ2) is 22.4. The number of hydrogen-bond acceptors (Lipinski definition) is 13. The van der Waals surface area contributed by atoms with Gasteiger partial charge in [0.05, 0.1) is 36.6 Å². The number of hydrogen-bond donors (Lipinski definition) is 2. The topological polar surface area (TPSA) is 197 Å². The highest BCUT2D eigenvalue weighted by molar-refractivity contribution is 6.02. The van der Waals surface area contributed by atoms with Gasteiger partial charge >= 0.3 is 30.1 Å². The standard InChI is InChI=1S/C46H58N4O12/c1-9-11-22-57-39(52)28-50(27-30-14-13-15-32(24-30)40(53)58-23-12-10-2)38(51)25-33-29-59-37-26-35(20-21-36(33)37)60-41(54)31-16-18-34(19-17-31)47-42(48-43(55)61-45(3,4)5)49-44(56)62-46(6,7)8/h13-21,24,26,33H,9-12,22-23,25,27-29H2,1-8H3,(H2,47,48,49,55,56). The van der Waals surface area contributed by atoms with Crippen LogP contribution in [0.2, 0.25) is 0 Å². The zero-order valence-electron chi connectivity index (χ0n) is 36.8. The average Bonchev–Trinajstić information content (AvgIpc) is 3.58. The van der Waals surface area contributed by atoms with Crippen LogP contribution in [0.15, 0.2) is 71.7 Å². The molecule has 0 aromatic heterocycles. The first-order valence-electron chi connectivity index (χ1n) is 20.7. The molecule has 4 rings (SSSR count). The zero-order chi connectivity index (χ0) is 45.5. The van der Waals surface area contributed by atoms with Gasteiger partial charge in [-0.3, -0.25) is 20.2 Å². The van der Waals surface area contributed by atoms with E-state index in [1.807, 2.05) is 13.8 Å². The van der Waals surface area contributed by atoms with Crippen LogP contribution in [0.3, 0.4) is 0 Å². The molecule has 1 unspecified atom stereocenters. The first kappa shape index (κ1) is 48.2. The summed E-state index contributed by atoms with van der Waals surface area (Å²) < 4.78 is 32.9. The number of fused-ring (bicyclic) bond motifs is 1. The van der Waals surface area contributed by atoms with Crippen LogP contribution in [0.1, 0.15) is 125 Å². The second-order valence-electron chi connectivity index (χ2n) is 16.6. The van der Waals surface area contributed by atoms with Crippen LogP contribution in [0, 0.1) is 0 Å². The maximum atomic E-state index is 13.9. The summed E-state index contributed by atoms with van der Waals surface area (Å²) in [7, 11) is 0. The normalized spacial score (nSPS) is 13.1. The van der Waals surface area contributed by atoms with Crippen molar-refractivity contribution < 1.29 is 57.2 Å². The molecule has 3 aromatic carbocycles. The smallest absolute Gasteiger partial charge is 0.414 e. The van der Waals surface area contributed by atoms with Gasteiger partial charge in [-0.15, -0.1) is 0 Å². The number of nitrogens with one attached hydrogen (secondary N) is 2. The van der Waals surface area contributed by atoms with Gasteiger partial charge in [-0.25, -0.2) is 24.2 Å². The van der Waals surface area contributed by atoms with Gasteiger partial charge in [0.1, 0.15) is 29.2 Å². The van der Waals surface area contributed by atoms with Gasteiger partial charge in [0.2, 0.25) is 11.9 Å². The zero-order valence-corrected chi connectivity index (χ0v) is 36.8. The SMILES string of the molecule is CCCCOC(=O)CN(Cc1cccc(C(=O)OCCCC)c1)C(=O)CC1COc2cc(OC(=O)c3ccc(N=C(NC(=O)OC(C)(C)C)NC(=O)OC(C)(C)C)cc3)ccc21. The second-order valence-corrected chi connectivity index (χ2v) is 16.6. The third-order valence-electron chi connectivity index (χ3n) is 8.78. The number of esters is 3. The summed E-state index contributed by atoms with van der Waals surface area (Å²) in [4.78, 5) is 83.1. The van der Waals surface area contributed by atoms with Crippen LogP contribution in [0.25, 0.3) is 0 Å². The van der Waals surface area contributed by atoms with E-state index < -0.39 is 41.3 Å². The fourth-order valence-corrected chi connectivity index (χ4v) is 5.86. The molecule has 2 N–H and O–H groups in total. The third kappa shape index (κ3) is 16.2. The Labute approximate surface area is 362 Å². The van der Waals surface area contributed by atoms with Gasteiger partial charge in [0, 0.05) is 30.5 Å². The number of alkyl carbamates (subject to hydrolysis) is 2. The van der Waals surface area contributed by atoms with Crippen molar-refractivity contribution in [2.24, 2.45) is 4.99 Å². The average molecular weight is 859 g/mol. The molecule has 1 heterocycles. The Morgan fingerprint density at radius 2 is 1.39 bits per heavy atom. The summed E-state index contributed by atoms with van der Waals surface area (Å²) in [5.74, 6) is -1.94. The summed E-state index contributed by atoms with van der Waals surface area (Å²) in [6.07, 6.45) is 1.49. The number of amides is 3. The number of ether oxygens (including phenoxy) is 6. The molecule has 0 bridgehead atoms. The molecule has 0 fully saturated rings. The molecule has 1 aliphatic heterocycles. The number of rotatable bonds is 16. The third-order valence-corrected chi connectivity index (χ3v) is 8.78. The lowest BCUT2D eigenvalue weighted by Gasteiger charge is -2.23. The molecule has 16 nitrogen and oxygen atoms in total. The van der Waals surface area contributed by atoms with Gasteiger partial charge in [-0.2, -0.15) is 0 Å². The predicted molar refractivity (Wildman–Crippen MR) is 229 cm³/mol. The van der Waals surface area contributed by atoms with E-state index in [4.69, 9.17) is 28.4 Å². The molecule has 62 heavy (non-hydrogen) atoms. The summed E-state index contributed by atoms with van der Waals surface area (Å²) in [6.45, 7) is 14.6. The quantitative estimate of drug-likeness (QED) is 0.0351. The van der Waals surface area contributed by atoms with E-state index in [0.29, 0.717) is 29.9 Å². The Balaban J connectivity index is 1.43. The number of nitrogens with zero attached hydrogens (tertiary/aromatic N) is 2. The molecule has 16 heteroatoms. The van der Waals surface area contributed by atoms with Crippen molar-refractivity contribution in [2.75, 3.05) is 26.4 Å². The van der Waals surface area contributed by atoms with Crippen LogP contribution in [0.5, 0.6) is 11.5 Å². The summed E-state index contributed by atoms with van der Waals surface area (Å²) in [5, 5.41) is 4.81. The summed E-state index contributed by atoms with van der Waals surface area (Å²) >= 11 is 0. The molecule has 0 spiro atoms. The van der Waals surface area contributed by atoms with Crippen molar-refractivity contribution in [2.45, 2.75) is 111 Å². The van der Waals surface area contributed by atoms with Crippen molar-refractivity contribution in [1.29, 1.82) is 0 Å². The summed E-state index contributed by atoms with van der Waals surface area (Å²) in [6, 6.07) is 17.6. The highest BCUT2D eigenvalue weighted by Crippen LogP contribution is 2.39. The minimum atomic E-state index is -0.855. The Morgan fingerprint density at radius 3 is 2.00 bits per heavy atom. The van der Waals surface area contributed by atoms with E-state index in [9.17, 15) is 28.8 Å². The van der Waals surface area contributed by atoms with Crippen LogP contribution in [-0.4, -0.2) is 84.4 Å². The first-order valence-corrected chi connectivity index (χ1v) is 20.7. The van der Waals surface area contributed by atoms with Gasteiger partial charge in [-0.05, 0) is 102 Å². The van der Waals surface area contributed by atoms with Crippen LogP contribution < -0.4 is 20.1 Å². The van der Waals surface area contributed by atoms with Crippen molar-refractivity contribution in [3.63, 3.8) is 0 Å². The lowest BCUT2D eigenvalue weighted by Crippen LogP contribution is -2.47. The molecule has 1 aliphatic rings. The lowest BCUT2D eigenvalue weighted by atomic mass is 9.97. The lowest BCUT2D eigenvalue weighted by molar-refractivity contribution is -0.150. The molecule has 3 aromatic rings. The largest absolute Gasteiger partial charge is 0.492 e. The Morgan fingerprint density at radius 1 is 0.758 bits per heavy atom. The highest BCUT2D eigenvalue weighted by Gasteiger charge is 2.30. The molecule has 0 radical (unpaired) electrons. The Bertz CT molecular complexity index is 2050. The fraction of sp³-hybridized carbons (Fsp3) is 0.457. The van der Waals surface area contributed by atoms with Crippen LogP contribution in [-0.2, 0) is 35.1 Å². The highest BCUT2D eigenvalue weighted by atomic mass is 16.6. The predicted octanol–water partition coefficient (Wildman–Crippen LogP) is 8.14. The molecular weight excluding hydrogens is 801 g/mol. The number of guanidine groups is 1. The molecule has 1 atom stereocenters. The van der Waals surface area contributed by atoms with E-state index in [1.54, 1.807) is 84.0 Å². The molecule has 0 saturated carbocycles. The Kier molecular flexibility index (Phi) is 17.4. The van der Waals surface area contributed by atoms with Gasteiger partial charge in [0.25, 0.3) is 0 Å². The van der Waals surface area contributed by atoms with Crippen LogP contribution >= 0.6 is 0 Å². The van der Waals surface area contributed by atoms with Crippen molar-refractivity contribution in [3.05, 3.63) is 89.0 Å².